The van der Waals surface area contributed by atoms with E-state index in [0.29, 0.717) is 13.2 Å². The van der Waals surface area contributed by atoms with Crippen LogP contribution in [0.4, 0.5) is 0 Å². The third kappa shape index (κ3) is 2.59. The van der Waals surface area contributed by atoms with Crippen molar-refractivity contribution in [3.05, 3.63) is 35.9 Å². The zero-order valence-electron chi connectivity index (χ0n) is 8.41. The minimum atomic E-state index is -0.484. The van der Waals surface area contributed by atoms with Gasteiger partial charge in [0.1, 0.15) is 0 Å². The van der Waals surface area contributed by atoms with Crippen molar-refractivity contribution in [2.24, 2.45) is 0 Å². The maximum absolute atomic E-state index is 5.79. The Morgan fingerprint density at radius 1 is 1.20 bits per heavy atom. The molecule has 1 heterocycles. The van der Waals surface area contributed by atoms with Crippen molar-refractivity contribution in [1.82, 2.24) is 0 Å². The Morgan fingerprint density at radius 2 is 1.87 bits per heavy atom. The van der Waals surface area contributed by atoms with Crippen LogP contribution in [-0.2, 0) is 15.3 Å². The summed E-state index contributed by atoms with van der Waals surface area (Å²) < 4.78 is 11.6. The van der Waals surface area contributed by atoms with Gasteiger partial charge in [-0.15, -0.1) is 0 Å². The summed E-state index contributed by atoms with van der Waals surface area (Å²) in [6.45, 7) is 1.39. The summed E-state index contributed by atoms with van der Waals surface area (Å²) in [5, 5.41) is 0. The van der Waals surface area contributed by atoms with Crippen molar-refractivity contribution in [3.8, 4) is 0 Å². The Kier molecular flexibility index (Phi) is 4.15. The van der Waals surface area contributed by atoms with E-state index in [-0.39, 0.29) is 0 Å². The maximum Gasteiger partial charge on any atom is 0.195 e. The SMILES string of the molecule is BrPCCC1(c2ccccc2)OCCO1. The summed E-state index contributed by atoms with van der Waals surface area (Å²) in [5.74, 6) is -0.484. The average molecular weight is 289 g/mol. The number of benzene rings is 1. The minimum absolute atomic E-state index is 0.484. The largest absolute Gasteiger partial charge is 0.343 e. The molecule has 0 amide bonds. The van der Waals surface area contributed by atoms with Crippen molar-refractivity contribution in [2.45, 2.75) is 12.2 Å². The molecule has 1 aliphatic rings. The molecule has 1 aliphatic heterocycles. The predicted molar refractivity (Wildman–Crippen MR) is 66.8 cm³/mol. The van der Waals surface area contributed by atoms with E-state index >= 15 is 0 Å². The molecule has 0 aliphatic carbocycles. The van der Waals surface area contributed by atoms with Crippen LogP contribution in [0.3, 0.4) is 0 Å². The summed E-state index contributed by atoms with van der Waals surface area (Å²) in [6.07, 6.45) is 2.00. The molecule has 2 rings (SSSR count). The summed E-state index contributed by atoms with van der Waals surface area (Å²) in [5.41, 5.74) is 1.13. The molecule has 1 atom stereocenters. The highest BCUT2D eigenvalue weighted by Crippen LogP contribution is 2.37. The van der Waals surface area contributed by atoms with Gasteiger partial charge in [0.15, 0.2) is 5.79 Å². The van der Waals surface area contributed by atoms with Gasteiger partial charge in [-0.1, -0.05) is 45.8 Å². The molecule has 1 aromatic carbocycles. The van der Waals surface area contributed by atoms with E-state index in [9.17, 15) is 0 Å². The molecule has 1 aromatic rings. The smallest absolute Gasteiger partial charge is 0.195 e. The van der Waals surface area contributed by atoms with Crippen LogP contribution in [0.5, 0.6) is 0 Å². The highest BCUT2D eigenvalue weighted by molar-refractivity contribution is 9.36. The first kappa shape index (κ1) is 11.5. The fourth-order valence-electron chi connectivity index (χ4n) is 1.81. The van der Waals surface area contributed by atoms with Gasteiger partial charge in [-0.05, 0) is 13.4 Å². The normalized spacial score (nSPS) is 20.1. The number of rotatable bonds is 4. The van der Waals surface area contributed by atoms with Crippen molar-refractivity contribution < 1.29 is 9.47 Å². The standard InChI is InChI=1S/C11H14BrO2P/c12-15-9-6-11(13-7-8-14-11)10-4-2-1-3-5-10/h1-5,15H,6-9H2. The first-order valence-electron chi connectivity index (χ1n) is 5.04. The predicted octanol–water partition coefficient (Wildman–Crippen LogP) is 3.26. The molecule has 0 saturated carbocycles. The van der Waals surface area contributed by atoms with Gasteiger partial charge in [0, 0.05) is 12.0 Å². The van der Waals surface area contributed by atoms with E-state index in [1.165, 1.54) is 0 Å². The van der Waals surface area contributed by atoms with Crippen molar-refractivity contribution in [1.29, 1.82) is 0 Å². The Morgan fingerprint density at radius 3 is 2.47 bits per heavy atom. The average Bonchev–Trinajstić information content (AvgIpc) is 2.78. The third-order valence-electron chi connectivity index (χ3n) is 2.52. The van der Waals surface area contributed by atoms with E-state index in [1.54, 1.807) is 0 Å². The van der Waals surface area contributed by atoms with Crippen LogP contribution in [0.1, 0.15) is 12.0 Å². The van der Waals surface area contributed by atoms with Crippen molar-refractivity contribution in [2.75, 3.05) is 19.4 Å². The number of hydrogen-bond donors (Lipinski definition) is 0. The van der Waals surface area contributed by atoms with Crippen molar-refractivity contribution in [3.63, 3.8) is 0 Å². The van der Waals surface area contributed by atoms with Gasteiger partial charge >= 0.3 is 0 Å². The Hall–Kier alpha value is 0.0500. The van der Waals surface area contributed by atoms with E-state index < -0.39 is 5.79 Å². The first-order valence-corrected chi connectivity index (χ1v) is 8.51. The summed E-state index contributed by atoms with van der Waals surface area (Å²) >= 11 is 3.47. The van der Waals surface area contributed by atoms with Crippen LogP contribution in [-0.4, -0.2) is 19.4 Å². The van der Waals surface area contributed by atoms with Gasteiger partial charge in [0.05, 0.1) is 13.2 Å². The van der Waals surface area contributed by atoms with Gasteiger partial charge in [-0.2, -0.15) is 0 Å². The Labute approximate surface area is 99.9 Å². The molecule has 1 unspecified atom stereocenters. The lowest BCUT2D eigenvalue weighted by atomic mass is 10.0. The fourth-order valence-corrected chi connectivity index (χ4v) is 2.83. The van der Waals surface area contributed by atoms with E-state index in [2.05, 4.69) is 27.6 Å². The van der Waals surface area contributed by atoms with Gasteiger partial charge in [0.2, 0.25) is 0 Å². The molecule has 1 fully saturated rings. The molecule has 0 bridgehead atoms. The molecule has 2 nitrogen and oxygen atoms in total. The van der Waals surface area contributed by atoms with E-state index in [1.807, 2.05) is 18.2 Å². The van der Waals surface area contributed by atoms with Crippen LogP contribution >= 0.6 is 22.8 Å². The number of halogens is 1. The topological polar surface area (TPSA) is 18.5 Å². The minimum Gasteiger partial charge on any atom is -0.343 e. The third-order valence-corrected chi connectivity index (χ3v) is 4.14. The van der Waals surface area contributed by atoms with Gasteiger partial charge in [0.25, 0.3) is 0 Å². The fraction of sp³-hybridized carbons (Fsp3) is 0.455. The summed E-state index contributed by atoms with van der Waals surface area (Å²) in [7, 11) is 0.763. The Balaban J connectivity index is 2.19. The molecule has 1 saturated heterocycles. The zero-order valence-corrected chi connectivity index (χ0v) is 11.0. The molecular weight excluding hydrogens is 275 g/mol. The van der Waals surface area contributed by atoms with Crippen molar-refractivity contribution >= 4 is 22.8 Å². The monoisotopic (exact) mass is 288 g/mol. The number of hydrogen-bond acceptors (Lipinski definition) is 2. The lowest BCUT2D eigenvalue weighted by Gasteiger charge is -2.27. The molecule has 4 heteroatoms. The second-order valence-corrected chi connectivity index (χ2v) is 5.90. The van der Waals surface area contributed by atoms with Gasteiger partial charge < -0.3 is 9.47 Å². The molecule has 15 heavy (non-hydrogen) atoms. The highest BCUT2D eigenvalue weighted by atomic mass is 79.9. The molecule has 0 radical (unpaired) electrons. The highest BCUT2D eigenvalue weighted by Gasteiger charge is 2.37. The van der Waals surface area contributed by atoms with E-state index in [4.69, 9.17) is 9.47 Å². The molecule has 0 aromatic heterocycles. The maximum atomic E-state index is 5.79. The van der Waals surface area contributed by atoms with Crippen LogP contribution in [0, 0.1) is 0 Å². The molecule has 0 N–H and O–H groups in total. The quantitative estimate of drug-likeness (QED) is 0.792. The number of ether oxygens (including phenoxy) is 2. The first-order chi connectivity index (χ1) is 7.37. The summed E-state index contributed by atoms with van der Waals surface area (Å²) in [4.78, 5) is 0. The molecule has 82 valence electrons. The lowest BCUT2D eigenvalue weighted by molar-refractivity contribution is -0.166. The lowest BCUT2D eigenvalue weighted by Crippen LogP contribution is -2.27. The second-order valence-electron chi connectivity index (χ2n) is 3.45. The van der Waals surface area contributed by atoms with Gasteiger partial charge in [-0.25, -0.2) is 0 Å². The summed E-state index contributed by atoms with van der Waals surface area (Å²) in [6, 6.07) is 10.2. The van der Waals surface area contributed by atoms with Crippen LogP contribution < -0.4 is 0 Å². The molecular formula is C11H14BrO2P. The van der Waals surface area contributed by atoms with Crippen LogP contribution in [0.25, 0.3) is 0 Å². The zero-order chi connectivity index (χ0) is 10.6. The Bertz CT molecular complexity index is 299. The molecule has 0 spiro atoms. The van der Waals surface area contributed by atoms with Crippen LogP contribution in [0.15, 0.2) is 30.3 Å². The van der Waals surface area contributed by atoms with Crippen LogP contribution in [0.2, 0.25) is 0 Å². The second kappa shape index (κ2) is 5.40. The van der Waals surface area contributed by atoms with E-state index in [0.717, 1.165) is 25.4 Å². The van der Waals surface area contributed by atoms with Gasteiger partial charge in [-0.3, -0.25) is 0 Å².